The van der Waals surface area contributed by atoms with Gasteiger partial charge >= 0.3 is 5.97 Å². The van der Waals surface area contributed by atoms with Crippen LogP contribution in [-0.4, -0.2) is 31.1 Å². The molecule has 106 valence electrons. The molecule has 0 bridgehead atoms. The van der Waals surface area contributed by atoms with Crippen molar-refractivity contribution in [3.63, 3.8) is 0 Å². The van der Waals surface area contributed by atoms with E-state index in [-0.39, 0.29) is 11.3 Å². The lowest BCUT2D eigenvalue weighted by Crippen LogP contribution is -2.24. The summed E-state index contributed by atoms with van der Waals surface area (Å²) in [4.78, 5) is 23.8. The van der Waals surface area contributed by atoms with E-state index in [0.29, 0.717) is 18.8 Å². The highest BCUT2D eigenvalue weighted by Crippen LogP contribution is 2.29. The van der Waals surface area contributed by atoms with E-state index in [1.807, 2.05) is 0 Å². The number of anilines is 1. The second-order valence-electron chi connectivity index (χ2n) is 3.93. The number of hydrogen-bond donors (Lipinski definition) is 0. The van der Waals surface area contributed by atoms with Crippen LogP contribution in [0.1, 0.15) is 10.4 Å². The highest BCUT2D eigenvalue weighted by Gasteiger charge is 2.20. The topological polar surface area (TPSA) is 72.7 Å². The zero-order valence-electron chi connectivity index (χ0n) is 11.2. The summed E-state index contributed by atoms with van der Waals surface area (Å²) in [6, 6.07) is 4.10. The van der Waals surface area contributed by atoms with E-state index in [4.69, 9.17) is 0 Å². The molecule has 0 saturated carbocycles. The fourth-order valence-corrected chi connectivity index (χ4v) is 1.76. The number of nitro benzene ring substituents is 1. The Labute approximate surface area is 117 Å². The number of rotatable bonds is 7. The summed E-state index contributed by atoms with van der Waals surface area (Å²) in [5, 5.41) is 11.1. The summed E-state index contributed by atoms with van der Waals surface area (Å²) in [7, 11) is 1.26. The van der Waals surface area contributed by atoms with Crippen LogP contribution >= 0.6 is 0 Å². The van der Waals surface area contributed by atoms with E-state index in [1.54, 1.807) is 17.1 Å². The van der Waals surface area contributed by atoms with Crippen molar-refractivity contribution in [1.29, 1.82) is 0 Å². The molecule has 1 aromatic rings. The van der Waals surface area contributed by atoms with Gasteiger partial charge in [-0.25, -0.2) is 4.79 Å². The largest absolute Gasteiger partial charge is 0.465 e. The number of nitro groups is 1. The van der Waals surface area contributed by atoms with E-state index in [1.165, 1.54) is 25.3 Å². The molecule has 0 aromatic heterocycles. The fraction of sp³-hybridized carbons (Fsp3) is 0.214. The molecule has 20 heavy (non-hydrogen) atoms. The van der Waals surface area contributed by atoms with E-state index >= 15 is 0 Å². The van der Waals surface area contributed by atoms with Gasteiger partial charge in [0.25, 0.3) is 5.69 Å². The lowest BCUT2D eigenvalue weighted by molar-refractivity contribution is -0.384. The van der Waals surface area contributed by atoms with Gasteiger partial charge in [0, 0.05) is 19.2 Å². The Hall–Kier alpha value is -2.63. The Morgan fingerprint density at radius 1 is 1.40 bits per heavy atom. The van der Waals surface area contributed by atoms with Crippen molar-refractivity contribution >= 4 is 17.3 Å². The van der Waals surface area contributed by atoms with Gasteiger partial charge in [0.1, 0.15) is 5.69 Å². The van der Waals surface area contributed by atoms with Gasteiger partial charge in [-0.05, 0) is 12.1 Å². The molecule has 0 aliphatic carbocycles. The molecule has 0 spiro atoms. The Morgan fingerprint density at radius 2 is 2.00 bits per heavy atom. The van der Waals surface area contributed by atoms with Crippen molar-refractivity contribution in [2.24, 2.45) is 0 Å². The molecule has 0 radical (unpaired) electrons. The molecule has 6 heteroatoms. The molecule has 6 nitrogen and oxygen atoms in total. The van der Waals surface area contributed by atoms with Gasteiger partial charge in [-0.2, -0.15) is 0 Å². The molecule has 0 aliphatic rings. The number of nitrogens with zero attached hydrogens (tertiary/aromatic N) is 2. The predicted octanol–water partition coefficient (Wildman–Crippen LogP) is 2.56. The quantitative estimate of drug-likeness (QED) is 0.331. The summed E-state index contributed by atoms with van der Waals surface area (Å²) in [6.07, 6.45) is 3.25. The number of hydrogen-bond acceptors (Lipinski definition) is 5. The minimum atomic E-state index is -0.543. The third kappa shape index (κ3) is 3.44. The lowest BCUT2D eigenvalue weighted by atomic mass is 10.1. The van der Waals surface area contributed by atoms with Crippen LogP contribution in [0.15, 0.2) is 43.5 Å². The van der Waals surface area contributed by atoms with Crippen LogP contribution in [0.25, 0.3) is 0 Å². The monoisotopic (exact) mass is 276 g/mol. The summed E-state index contributed by atoms with van der Waals surface area (Å²) in [6.45, 7) is 8.04. The Bertz CT molecular complexity index is 530. The van der Waals surface area contributed by atoms with Crippen molar-refractivity contribution in [2.45, 2.75) is 0 Å². The molecule has 0 unspecified atom stereocenters. The van der Waals surface area contributed by atoms with Crippen molar-refractivity contribution in [1.82, 2.24) is 0 Å². The van der Waals surface area contributed by atoms with Gasteiger partial charge in [-0.15, -0.1) is 13.2 Å². The number of carbonyl (C=O) groups is 1. The van der Waals surface area contributed by atoms with Gasteiger partial charge in [0.2, 0.25) is 0 Å². The highest BCUT2D eigenvalue weighted by atomic mass is 16.6. The Morgan fingerprint density at radius 3 is 2.45 bits per heavy atom. The van der Waals surface area contributed by atoms with E-state index < -0.39 is 10.9 Å². The van der Waals surface area contributed by atoms with Crippen molar-refractivity contribution in [2.75, 3.05) is 25.1 Å². The van der Waals surface area contributed by atoms with Crippen LogP contribution in [0.3, 0.4) is 0 Å². The molecule has 0 atom stereocenters. The SMILES string of the molecule is C=CCN(CC=C)c1cc(C(=O)OC)ccc1[N+](=O)[O-]. The van der Waals surface area contributed by atoms with Crippen LogP contribution in [0.2, 0.25) is 0 Å². The Kier molecular flexibility index (Phi) is 5.46. The maximum atomic E-state index is 11.5. The molecule has 0 saturated heterocycles. The normalized spacial score (nSPS) is 9.65. The first-order chi connectivity index (χ1) is 9.54. The van der Waals surface area contributed by atoms with Crippen LogP contribution < -0.4 is 4.90 Å². The molecule has 0 aliphatic heterocycles. The average molecular weight is 276 g/mol. The number of methoxy groups -OCH3 is 1. The molecule has 0 amide bonds. The first kappa shape index (κ1) is 15.4. The second kappa shape index (κ2) is 7.08. The zero-order chi connectivity index (χ0) is 15.1. The smallest absolute Gasteiger partial charge is 0.337 e. The molecule has 0 heterocycles. The van der Waals surface area contributed by atoms with Gasteiger partial charge in [-0.1, -0.05) is 12.2 Å². The summed E-state index contributed by atoms with van der Waals surface area (Å²) in [5.41, 5.74) is 0.505. The van der Waals surface area contributed by atoms with E-state index in [0.717, 1.165) is 0 Å². The van der Waals surface area contributed by atoms with E-state index in [2.05, 4.69) is 17.9 Å². The van der Waals surface area contributed by atoms with E-state index in [9.17, 15) is 14.9 Å². The number of benzene rings is 1. The first-order valence-corrected chi connectivity index (χ1v) is 5.88. The number of ether oxygens (including phenoxy) is 1. The summed E-state index contributed by atoms with van der Waals surface area (Å²) < 4.78 is 4.62. The lowest BCUT2D eigenvalue weighted by Gasteiger charge is -2.21. The van der Waals surface area contributed by atoms with Crippen LogP contribution in [0.5, 0.6) is 0 Å². The average Bonchev–Trinajstić information content (AvgIpc) is 2.45. The third-order valence-electron chi connectivity index (χ3n) is 2.63. The molecule has 1 aromatic carbocycles. The van der Waals surface area contributed by atoms with Crippen LogP contribution in [-0.2, 0) is 4.74 Å². The maximum absolute atomic E-state index is 11.5. The van der Waals surface area contributed by atoms with Gasteiger partial charge in [0.15, 0.2) is 0 Å². The van der Waals surface area contributed by atoms with Crippen LogP contribution in [0, 0.1) is 10.1 Å². The molecular formula is C14H16N2O4. The number of carbonyl (C=O) groups excluding carboxylic acids is 1. The van der Waals surface area contributed by atoms with Crippen molar-refractivity contribution in [3.05, 3.63) is 59.2 Å². The van der Waals surface area contributed by atoms with Crippen LogP contribution in [0.4, 0.5) is 11.4 Å². The molecule has 0 fully saturated rings. The molecular weight excluding hydrogens is 260 g/mol. The zero-order valence-corrected chi connectivity index (χ0v) is 11.2. The van der Waals surface area contributed by atoms with Crippen molar-refractivity contribution in [3.8, 4) is 0 Å². The maximum Gasteiger partial charge on any atom is 0.337 e. The number of esters is 1. The standard InChI is InChI=1S/C14H16N2O4/c1-4-8-15(9-5-2)13-10-11(14(17)20-3)6-7-12(13)16(18)19/h4-7,10H,1-2,8-9H2,3H3. The second-order valence-corrected chi connectivity index (χ2v) is 3.93. The third-order valence-corrected chi connectivity index (χ3v) is 2.63. The fourth-order valence-electron chi connectivity index (χ4n) is 1.76. The minimum absolute atomic E-state index is 0.0821. The van der Waals surface area contributed by atoms with Gasteiger partial charge < -0.3 is 9.64 Å². The minimum Gasteiger partial charge on any atom is -0.465 e. The van der Waals surface area contributed by atoms with Gasteiger partial charge in [0.05, 0.1) is 17.6 Å². The molecule has 0 N–H and O–H groups in total. The predicted molar refractivity (Wildman–Crippen MR) is 77.0 cm³/mol. The summed E-state index contributed by atoms with van der Waals surface area (Å²) >= 11 is 0. The molecule has 1 rings (SSSR count). The van der Waals surface area contributed by atoms with Crippen molar-refractivity contribution < 1.29 is 14.5 Å². The van der Waals surface area contributed by atoms with Gasteiger partial charge in [-0.3, -0.25) is 10.1 Å². The highest BCUT2D eigenvalue weighted by molar-refractivity contribution is 5.91. The summed E-state index contributed by atoms with van der Waals surface area (Å²) in [5.74, 6) is -0.543. The first-order valence-electron chi connectivity index (χ1n) is 5.88. The Balaban J connectivity index is 3.35.